The zero-order valence-corrected chi connectivity index (χ0v) is 6.78. The summed E-state index contributed by atoms with van der Waals surface area (Å²) in [6, 6.07) is 0. The zero-order valence-electron chi connectivity index (χ0n) is 6.78. The number of rotatable bonds is 2. The van der Waals surface area contributed by atoms with Crippen LogP contribution in [0.3, 0.4) is 0 Å². The predicted molar refractivity (Wildman–Crippen MR) is 38.5 cm³/mol. The maximum Gasteiger partial charge on any atom is 0.326 e. The largest absolute Gasteiger partial charge is 0.455 e. The number of hydrogen-bond donors (Lipinski definition) is 0. The Labute approximate surface area is 70.1 Å². The van der Waals surface area contributed by atoms with Crippen LogP contribution in [0.2, 0.25) is 0 Å². The summed E-state index contributed by atoms with van der Waals surface area (Å²) >= 11 is 0. The van der Waals surface area contributed by atoms with E-state index in [1.165, 1.54) is 6.26 Å². The van der Waals surface area contributed by atoms with Crippen molar-refractivity contribution in [2.75, 3.05) is 0 Å². The molecule has 2 aliphatic rings. The number of ether oxygens (including phenoxy) is 3. The molecule has 4 nitrogen and oxygen atoms in total. The minimum absolute atomic E-state index is 0.0883. The van der Waals surface area contributed by atoms with E-state index in [9.17, 15) is 4.79 Å². The molecule has 4 heteroatoms. The Hall–Kier alpha value is -1.19. The minimum atomic E-state index is -0.341. The van der Waals surface area contributed by atoms with Crippen LogP contribution < -0.4 is 0 Å². The molecule has 1 fully saturated rings. The van der Waals surface area contributed by atoms with Crippen molar-refractivity contribution in [3.8, 4) is 0 Å². The molecule has 1 unspecified atom stereocenters. The Morgan fingerprint density at radius 1 is 1.67 bits per heavy atom. The third-order valence-electron chi connectivity index (χ3n) is 1.75. The van der Waals surface area contributed by atoms with Gasteiger partial charge in [-0.15, -0.1) is 0 Å². The van der Waals surface area contributed by atoms with Crippen molar-refractivity contribution in [1.82, 2.24) is 0 Å². The van der Waals surface area contributed by atoms with Gasteiger partial charge in [-0.05, 0) is 12.8 Å². The van der Waals surface area contributed by atoms with Crippen LogP contribution >= 0.6 is 0 Å². The number of hydrogen-bond acceptors (Lipinski definition) is 4. The first-order valence-electron chi connectivity index (χ1n) is 3.99. The van der Waals surface area contributed by atoms with E-state index in [1.807, 2.05) is 0 Å². The summed E-state index contributed by atoms with van der Waals surface area (Å²) in [6.45, 7) is 1.73. The molecule has 0 bridgehead atoms. The first kappa shape index (κ1) is 7.46. The maximum absolute atomic E-state index is 11.1. The van der Waals surface area contributed by atoms with Crippen molar-refractivity contribution in [3.05, 3.63) is 12.2 Å². The summed E-state index contributed by atoms with van der Waals surface area (Å²) in [5.41, 5.74) is 0. The topological polar surface area (TPSA) is 44.8 Å². The smallest absolute Gasteiger partial charge is 0.326 e. The van der Waals surface area contributed by atoms with E-state index in [-0.39, 0.29) is 24.1 Å². The number of carbonyl (C=O) groups is 1. The molecule has 0 saturated heterocycles. The summed E-state index contributed by atoms with van der Waals surface area (Å²) in [5.74, 6) is 0.0590. The van der Waals surface area contributed by atoms with Gasteiger partial charge >= 0.3 is 11.9 Å². The van der Waals surface area contributed by atoms with E-state index < -0.39 is 0 Å². The first-order valence-corrected chi connectivity index (χ1v) is 3.99. The molecular formula is C8H10O4. The fourth-order valence-electron chi connectivity index (χ4n) is 0.920. The van der Waals surface area contributed by atoms with Gasteiger partial charge in [-0.1, -0.05) is 0 Å². The predicted octanol–water partition coefficient (Wildman–Crippen LogP) is 1.13. The zero-order chi connectivity index (χ0) is 8.55. The van der Waals surface area contributed by atoms with E-state index in [4.69, 9.17) is 14.2 Å². The molecule has 0 spiro atoms. The third kappa shape index (κ3) is 1.52. The highest BCUT2D eigenvalue weighted by molar-refractivity contribution is 5.75. The van der Waals surface area contributed by atoms with Crippen LogP contribution in [0.5, 0.6) is 0 Å². The van der Waals surface area contributed by atoms with Crippen LogP contribution in [0.1, 0.15) is 19.8 Å². The van der Waals surface area contributed by atoms with Crippen LogP contribution in [0.4, 0.5) is 0 Å². The molecule has 0 amide bonds. The second-order valence-corrected chi connectivity index (χ2v) is 2.95. The average molecular weight is 170 g/mol. The van der Waals surface area contributed by atoms with Crippen molar-refractivity contribution < 1.29 is 19.0 Å². The quantitative estimate of drug-likeness (QED) is 0.583. The molecule has 0 N–H and O–H groups in total. The lowest BCUT2D eigenvalue weighted by atomic mass is 10.4. The summed E-state index contributed by atoms with van der Waals surface area (Å²) in [6.07, 6.45) is 2.85. The van der Waals surface area contributed by atoms with E-state index in [0.29, 0.717) is 0 Å². The lowest BCUT2D eigenvalue weighted by molar-refractivity contribution is -0.148. The highest BCUT2D eigenvalue weighted by Crippen LogP contribution is 2.31. The van der Waals surface area contributed by atoms with Gasteiger partial charge in [0.05, 0.1) is 5.92 Å². The lowest BCUT2D eigenvalue weighted by Crippen LogP contribution is -2.08. The second-order valence-electron chi connectivity index (χ2n) is 2.95. The molecule has 0 aromatic rings. The average Bonchev–Trinajstić information content (AvgIpc) is 2.78. The summed E-state index contributed by atoms with van der Waals surface area (Å²) < 4.78 is 14.8. The molecule has 1 heterocycles. The fraction of sp³-hybridized carbons (Fsp3) is 0.625. The molecule has 0 aromatic carbocycles. The van der Waals surface area contributed by atoms with Gasteiger partial charge in [0.2, 0.25) is 6.29 Å². The molecular weight excluding hydrogens is 160 g/mol. The van der Waals surface area contributed by atoms with Crippen LogP contribution in [0, 0.1) is 5.92 Å². The second kappa shape index (κ2) is 2.69. The van der Waals surface area contributed by atoms with Crippen molar-refractivity contribution in [1.29, 1.82) is 0 Å². The molecule has 2 rings (SSSR count). The van der Waals surface area contributed by atoms with Gasteiger partial charge in [0, 0.05) is 6.92 Å². The van der Waals surface area contributed by atoms with Crippen LogP contribution in [0.25, 0.3) is 0 Å². The molecule has 0 radical (unpaired) electrons. The van der Waals surface area contributed by atoms with E-state index in [1.54, 1.807) is 6.92 Å². The van der Waals surface area contributed by atoms with E-state index >= 15 is 0 Å². The van der Waals surface area contributed by atoms with Crippen LogP contribution in [-0.2, 0) is 19.0 Å². The van der Waals surface area contributed by atoms with Crippen molar-refractivity contribution in [3.63, 3.8) is 0 Å². The molecule has 12 heavy (non-hydrogen) atoms. The Bertz CT molecular complexity index is 229. The molecule has 1 aliphatic heterocycles. The summed E-state index contributed by atoms with van der Waals surface area (Å²) in [7, 11) is 0. The van der Waals surface area contributed by atoms with E-state index in [2.05, 4.69) is 0 Å². The van der Waals surface area contributed by atoms with Gasteiger partial charge in [-0.3, -0.25) is 4.79 Å². The molecule has 1 aliphatic carbocycles. The fourth-order valence-corrected chi connectivity index (χ4v) is 0.920. The van der Waals surface area contributed by atoms with Crippen LogP contribution in [0.15, 0.2) is 12.2 Å². The monoisotopic (exact) mass is 170 g/mol. The maximum atomic E-state index is 11.1. The molecule has 66 valence electrons. The van der Waals surface area contributed by atoms with Crippen molar-refractivity contribution >= 4 is 5.97 Å². The van der Waals surface area contributed by atoms with Gasteiger partial charge in [0.25, 0.3) is 0 Å². The van der Waals surface area contributed by atoms with E-state index in [0.717, 1.165) is 12.8 Å². The standard InChI is InChI=1S/C8H10O4/c1-5-10-4-7(11-5)12-8(9)6-2-3-6/h4-6H,2-3H2,1H3. The Kier molecular flexibility index (Phi) is 1.67. The van der Waals surface area contributed by atoms with Gasteiger partial charge < -0.3 is 14.2 Å². The minimum Gasteiger partial charge on any atom is -0.455 e. The normalized spacial score (nSPS) is 27.1. The Balaban J connectivity index is 1.82. The Morgan fingerprint density at radius 2 is 2.42 bits per heavy atom. The highest BCUT2D eigenvalue weighted by atomic mass is 16.8. The molecule has 0 aromatic heterocycles. The molecule has 1 atom stereocenters. The van der Waals surface area contributed by atoms with Gasteiger partial charge in [-0.25, -0.2) is 0 Å². The van der Waals surface area contributed by atoms with Gasteiger partial charge in [0.15, 0.2) is 6.26 Å². The van der Waals surface area contributed by atoms with Crippen molar-refractivity contribution in [2.45, 2.75) is 26.1 Å². The summed E-state index contributed by atoms with van der Waals surface area (Å²) in [5, 5.41) is 0. The van der Waals surface area contributed by atoms with Crippen LogP contribution in [-0.4, -0.2) is 12.3 Å². The lowest BCUT2D eigenvalue weighted by Gasteiger charge is -2.04. The van der Waals surface area contributed by atoms with Gasteiger partial charge in [-0.2, -0.15) is 0 Å². The third-order valence-corrected chi connectivity index (χ3v) is 1.75. The van der Waals surface area contributed by atoms with Crippen molar-refractivity contribution in [2.24, 2.45) is 5.92 Å². The molecule has 1 saturated carbocycles. The number of carbonyl (C=O) groups excluding carboxylic acids is 1. The SMILES string of the molecule is CC1OC=C(OC(=O)C2CC2)O1. The number of esters is 1. The van der Waals surface area contributed by atoms with Gasteiger partial charge in [0.1, 0.15) is 0 Å². The Morgan fingerprint density at radius 3 is 2.92 bits per heavy atom. The highest BCUT2D eigenvalue weighted by Gasteiger charge is 2.33. The first-order chi connectivity index (χ1) is 5.75. The summed E-state index contributed by atoms with van der Waals surface area (Å²) in [4.78, 5) is 11.1.